The van der Waals surface area contributed by atoms with Gasteiger partial charge in [0.2, 0.25) is 0 Å². The van der Waals surface area contributed by atoms with Gasteiger partial charge in [-0.2, -0.15) is 0 Å². The Morgan fingerprint density at radius 3 is 2.59 bits per heavy atom. The predicted octanol–water partition coefficient (Wildman–Crippen LogP) is 2.29. The summed E-state index contributed by atoms with van der Waals surface area (Å²) in [6.07, 6.45) is 1.77. The van der Waals surface area contributed by atoms with Crippen LogP contribution in [0.3, 0.4) is 0 Å². The van der Waals surface area contributed by atoms with Crippen molar-refractivity contribution in [1.82, 2.24) is 0 Å². The van der Waals surface area contributed by atoms with Gasteiger partial charge < -0.3 is 18.9 Å². The Morgan fingerprint density at radius 2 is 1.95 bits per heavy atom. The number of hydrogen-bond donors (Lipinski definition) is 0. The molecule has 5 nitrogen and oxygen atoms in total. The molecule has 0 N–H and O–H groups in total. The van der Waals surface area contributed by atoms with Crippen molar-refractivity contribution in [3.8, 4) is 0 Å². The first kappa shape index (κ1) is 15.5. The van der Waals surface area contributed by atoms with Crippen molar-refractivity contribution >= 4 is 5.97 Å². The van der Waals surface area contributed by atoms with Crippen LogP contribution in [-0.4, -0.2) is 38.4 Å². The van der Waals surface area contributed by atoms with E-state index in [4.69, 9.17) is 18.9 Å². The van der Waals surface area contributed by atoms with Crippen LogP contribution in [0.5, 0.6) is 0 Å². The minimum Gasteiger partial charge on any atom is -0.468 e. The van der Waals surface area contributed by atoms with E-state index in [0.717, 1.165) is 12.0 Å². The Kier molecular flexibility index (Phi) is 3.75. The molecule has 2 bridgehead atoms. The van der Waals surface area contributed by atoms with Crippen LogP contribution in [0.25, 0.3) is 0 Å². The van der Waals surface area contributed by atoms with E-state index in [1.807, 2.05) is 37.3 Å². The van der Waals surface area contributed by atoms with Crippen molar-refractivity contribution in [3.63, 3.8) is 0 Å². The third-order valence-corrected chi connectivity index (χ3v) is 4.81. The molecule has 22 heavy (non-hydrogen) atoms. The summed E-state index contributed by atoms with van der Waals surface area (Å²) < 4.78 is 22.7. The molecular weight excluding hydrogens is 284 g/mol. The highest BCUT2D eigenvalue weighted by molar-refractivity contribution is 5.78. The van der Waals surface area contributed by atoms with Gasteiger partial charge in [-0.25, -0.2) is 0 Å². The highest BCUT2D eigenvalue weighted by atomic mass is 16.9. The van der Waals surface area contributed by atoms with Gasteiger partial charge in [0.15, 0.2) is 5.41 Å². The second-order valence-electron chi connectivity index (χ2n) is 6.34. The van der Waals surface area contributed by atoms with Crippen LogP contribution in [0, 0.1) is 5.41 Å². The largest absolute Gasteiger partial charge is 0.468 e. The van der Waals surface area contributed by atoms with Crippen molar-refractivity contribution in [2.45, 2.75) is 37.8 Å². The van der Waals surface area contributed by atoms with Crippen LogP contribution in [0.1, 0.15) is 25.3 Å². The minimum absolute atomic E-state index is 0.359. The normalized spacial score (nSPS) is 37.0. The standard InChI is InChI=1S/C17H22O5/c1-15-9-10-16(14(18)19-2,11-13-7-5-4-6-8-13)17(20-3,22-15)21-12-15/h4-8H,9-12H2,1-3H3. The molecule has 2 aliphatic heterocycles. The van der Waals surface area contributed by atoms with Crippen LogP contribution in [0.4, 0.5) is 0 Å². The van der Waals surface area contributed by atoms with Crippen molar-refractivity contribution in [3.05, 3.63) is 35.9 Å². The summed E-state index contributed by atoms with van der Waals surface area (Å²) in [4.78, 5) is 12.7. The van der Waals surface area contributed by atoms with Gasteiger partial charge in [-0.1, -0.05) is 30.3 Å². The summed E-state index contributed by atoms with van der Waals surface area (Å²) >= 11 is 0. The zero-order chi connectivity index (χ0) is 15.8. The number of rotatable bonds is 4. The first-order valence-electron chi connectivity index (χ1n) is 7.51. The van der Waals surface area contributed by atoms with Gasteiger partial charge in [-0.3, -0.25) is 4.79 Å². The summed E-state index contributed by atoms with van der Waals surface area (Å²) in [7, 11) is 2.90. The molecule has 2 saturated heterocycles. The maximum atomic E-state index is 12.7. The number of hydrogen-bond acceptors (Lipinski definition) is 5. The lowest BCUT2D eigenvalue weighted by Crippen LogP contribution is -2.60. The van der Waals surface area contributed by atoms with E-state index in [9.17, 15) is 4.79 Å². The van der Waals surface area contributed by atoms with E-state index in [-0.39, 0.29) is 5.97 Å². The van der Waals surface area contributed by atoms with E-state index in [2.05, 4.69) is 0 Å². The molecule has 0 aliphatic carbocycles. The van der Waals surface area contributed by atoms with Crippen LogP contribution in [-0.2, 0) is 30.2 Å². The van der Waals surface area contributed by atoms with Gasteiger partial charge in [0.05, 0.1) is 19.3 Å². The molecule has 1 aromatic rings. The van der Waals surface area contributed by atoms with E-state index >= 15 is 0 Å². The fraction of sp³-hybridized carbons (Fsp3) is 0.588. The predicted molar refractivity (Wildman–Crippen MR) is 79.0 cm³/mol. The quantitative estimate of drug-likeness (QED) is 0.799. The first-order valence-corrected chi connectivity index (χ1v) is 7.51. The van der Waals surface area contributed by atoms with E-state index in [0.29, 0.717) is 19.4 Å². The maximum Gasteiger partial charge on any atom is 0.320 e. The average Bonchev–Trinajstić information content (AvgIpc) is 2.85. The number of fused-ring (bicyclic) bond motifs is 2. The number of carbonyl (C=O) groups is 1. The molecule has 5 heteroatoms. The molecule has 0 saturated carbocycles. The van der Waals surface area contributed by atoms with Crippen molar-refractivity contribution in [2.75, 3.05) is 20.8 Å². The van der Waals surface area contributed by atoms with Gasteiger partial charge >= 0.3 is 11.9 Å². The van der Waals surface area contributed by atoms with Gasteiger partial charge in [-0.15, -0.1) is 0 Å². The van der Waals surface area contributed by atoms with E-state index in [1.54, 1.807) is 0 Å². The summed E-state index contributed by atoms with van der Waals surface area (Å²) in [6, 6.07) is 9.81. The number of ether oxygens (including phenoxy) is 4. The molecule has 3 rings (SSSR count). The molecule has 1 aromatic carbocycles. The fourth-order valence-corrected chi connectivity index (χ4v) is 3.55. The zero-order valence-electron chi connectivity index (χ0n) is 13.3. The summed E-state index contributed by atoms with van der Waals surface area (Å²) in [5.74, 6) is -1.75. The Balaban J connectivity index is 2.04. The van der Waals surface area contributed by atoms with Crippen molar-refractivity contribution < 1.29 is 23.7 Å². The molecule has 2 heterocycles. The summed E-state index contributed by atoms with van der Waals surface area (Å²) in [5, 5.41) is 0. The van der Waals surface area contributed by atoms with Gasteiger partial charge in [-0.05, 0) is 31.7 Å². The molecule has 3 unspecified atom stereocenters. The molecule has 120 valence electrons. The molecule has 0 amide bonds. The molecule has 0 aromatic heterocycles. The van der Waals surface area contributed by atoms with Gasteiger partial charge in [0.25, 0.3) is 0 Å². The summed E-state index contributed by atoms with van der Waals surface area (Å²) in [5.41, 5.74) is -0.398. The number of carbonyl (C=O) groups excluding carboxylic acids is 1. The third kappa shape index (κ3) is 2.16. The topological polar surface area (TPSA) is 54.0 Å². The number of benzene rings is 1. The molecule has 0 spiro atoms. The monoisotopic (exact) mass is 306 g/mol. The van der Waals surface area contributed by atoms with Crippen LogP contribution >= 0.6 is 0 Å². The van der Waals surface area contributed by atoms with Crippen LogP contribution in [0.2, 0.25) is 0 Å². The van der Waals surface area contributed by atoms with Crippen LogP contribution in [0.15, 0.2) is 30.3 Å². The zero-order valence-corrected chi connectivity index (χ0v) is 13.3. The van der Waals surface area contributed by atoms with Crippen molar-refractivity contribution in [1.29, 1.82) is 0 Å². The van der Waals surface area contributed by atoms with Gasteiger partial charge in [0, 0.05) is 7.11 Å². The molecule has 3 atom stereocenters. The highest BCUT2D eigenvalue weighted by Gasteiger charge is 2.69. The SMILES string of the molecule is COC(=O)C1(Cc2ccccc2)CCC2(C)COC1(OC)O2. The lowest BCUT2D eigenvalue weighted by atomic mass is 9.72. The number of esters is 1. The lowest BCUT2D eigenvalue weighted by molar-refractivity contribution is -0.398. The molecule has 2 fully saturated rings. The van der Waals surface area contributed by atoms with E-state index < -0.39 is 17.0 Å². The average molecular weight is 306 g/mol. The second-order valence-corrected chi connectivity index (χ2v) is 6.34. The highest BCUT2D eigenvalue weighted by Crippen LogP contribution is 2.55. The van der Waals surface area contributed by atoms with E-state index in [1.165, 1.54) is 14.2 Å². The Morgan fingerprint density at radius 1 is 1.23 bits per heavy atom. The Hall–Kier alpha value is -1.43. The Labute approximate surface area is 130 Å². The van der Waals surface area contributed by atoms with Gasteiger partial charge in [0.1, 0.15) is 0 Å². The smallest absolute Gasteiger partial charge is 0.320 e. The molecular formula is C17H22O5. The summed E-state index contributed by atoms with van der Waals surface area (Å²) in [6.45, 7) is 2.39. The first-order chi connectivity index (χ1) is 10.5. The maximum absolute atomic E-state index is 12.7. The van der Waals surface area contributed by atoms with Crippen LogP contribution < -0.4 is 0 Å². The third-order valence-electron chi connectivity index (χ3n) is 4.81. The second kappa shape index (κ2) is 5.33. The molecule has 0 radical (unpaired) electrons. The Bertz CT molecular complexity index is 559. The lowest BCUT2D eigenvalue weighted by Gasteiger charge is -2.47. The fourth-order valence-electron chi connectivity index (χ4n) is 3.55. The minimum atomic E-state index is -1.39. The molecule has 2 aliphatic rings. The van der Waals surface area contributed by atoms with Crippen molar-refractivity contribution in [2.24, 2.45) is 5.41 Å². The number of methoxy groups -OCH3 is 2.